The normalized spacial score (nSPS) is 12.0. The van der Waals surface area contributed by atoms with Gasteiger partial charge in [0, 0.05) is 16.6 Å². The van der Waals surface area contributed by atoms with Crippen LogP contribution in [0.15, 0.2) is 24.3 Å². The van der Waals surface area contributed by atoms with Gasteiger partial charge >= 0.3 is 6.18 Å². The molecule has 0 bridgehead atoms. The summed E-state index contributed by atoms with van der Waals surface area (Å²) in [5, 5.41) is 0.308. The van der Waals surface area contributed by atoms with Crippen LogP contribution in [0.4, 0.5) is 13.2 Å². The predicted molar refractivity (Wildman–Crippen MR) is 53.4 cm³/mol. The predicted octanol–water partition coefficient (Wildman–Crippen LogP) is 3.22. The van der Waals surface area contributed by atoms with Gasteiger partial charge in [0.25, 0.3) is 5.78 Å². The molecule has 0 atom stereocenters. The van der Waals surface area contributed by atoms with E-state index in [1.54, 1.807) is 18.2 Å². The molecule has 1 N–H and O–H groups in total. The highest BCUT2D eigenvalue weighted by atomic mass is 19.4. The van der Waals surface area contributed by atoms with Crippen LogP contribution in [0.3, 0.4) is 0 Å². The van der Waals surface area contributed by atoms with E-state index in [2.05, 4.69) is 4.98 Å². The standard InChI is InChI=1S/C11H8F3NO/c1-6-9(10(16)11(12,13)14)7-4-2-3-5-8(7)15-6/h2-5,15H,1H3. The zero-order chi connectivity index (χ0) is 11.9. The van der Waals surface area contributed by atoms with Crippen LogP contribution in [0.2, 0.25) is 0 Å². The third kappa shape index (κ3) is 1.58. The van der Waals surface area contributed by atoms with Gasteiger partial charge in [0.05, 0.1) is 5.56 Å². The van der Waals surface area contributed by atoms with Crippen molar-refractivity contribution in [3.8, 4) is 0 Å². The first-order valence-electron chi connectivity index (χ1n) is 4.60. The van der Waals surface area contributed by atoms with E-state index in [1.165, 1.54) is 13.0 Å². The summed E-state index contributed by atoms with van der Waals surface area (Å²) < 4.78 is 37.1. The summed E-state index contributed by atoms with van der Waals surface area (Å²) in [6.45, 7) is 1.46. The maximum Gasteiger partial charge on any atom is 0.454 e. The van der Waals surface area contributed by atoms with Crippen LogP contribution in [0, 0.1) is 6.92 Å². The Morgan fingerprint density at radius 3 is 2.50 bits per heavy atom. The number of aryl methyl sites for hydroxylation is 1. The smallest absolute Gasteiger partial charge is 0.358 e. The molecule has 0 fully saturated rings. The van der Waals surface area contributed by atoms with Crippen LogP contribution in [-0.4, -0.2) is 16.9 Å². The molecule has 1 aromatic carbocycles. The third-order valence-electron chi connectivity index (χ3n) is 2.38. The number of H-pyrrole nitrogens is 1. The molecule has 0 saturated heterocycles. The number of Topliss-reactive ketones (excluding diaryl/α,β-unsaturated/α-hetero) is 1. The van der Waals surface area contributed by atoms with Crippen LogP contribution < -0.4 is 0 Å². The van der Waals surface area contributed by atoms with Gasteiger partial charge in [0.15, 0.2) is 0 Å². The van der Waals surface area contributed by atoms with Gasteiger partial charge in [-0.2, -0.15) is 13.2 Å². The summed E-state index contributed by atoms with van der Waals surface area (Å²) >= 11 is 0. The van der Waals surface area contributed by atoms with Crippen LogP contribution >= 0.6 is 0 Å². The monoisotopic (exact) mass is 227 g/mol. The molecule has 0 spiro atoms. The number of rotatable bonds is 1. The molecule has 1 heterocycles. The minimum atomic E-state index is -4.84. The second kappa shape index (κ2) is 3.37. The van der Waals surface area contributed by atoms with Crippen molar-refractivity contribution < 1.29 is 18.0 Å². The molecule has 5 heteroatoms. The topological polar surface area (TPSA) is 32.9 Å². The van der Waals surface area contributed by atoms with Crippen molar-refractivity contribution in [1.82, 2.24) is 4.98 Å². The van der Waals surface area contributed by atoms with Crippen LogP contribution in [0.1, 0.15) is 16.1 Å². The number of aromatic amines is 1. The molecule has 1 aromatic heterocycles. The lowest BCUT2D eigenvalue weighted by Crippen LogP contribution is -2.23. The largest absolute Gasteiger partial charge is 0.454 e. The Hall–Kier alpha value is -1.78. The molecule has 0 aliphatic rings. The van der Waals surface area contributed by atoms with E-state index >= 15 is 0 Å². The van der Waals surface area contributed by atoms with Gasteiger partial charge in [-0.1, -0.05) is 18.2 Å². The van der Waals surface area contributed by atoms with E-state index in [9.17, 15) is 18.0 Å². The lowest BCUT2D eigenvalue weighted by Gasteiger charge is -2.04. The van der Waals surface area contributed by atoms with Crippen molar-refractivity contribution in [2.75, 3.05) is 0 Å². The van der Waals surface area contributed by atoms with Gasteiger partial charge in [-0.3, -0.25) is 4.79 Å². The summed E-state index contributed by atoms with van der Waals surface area (Å²) in [6, 6.07) is 6.43. The first kappa shape index (κ1) is 10.7. The van der Waals surface area contributed by atoms with Gasteiger partial charge in [0.2, 0.25) is 0 Å². The van der Waals surface area contributed by atoms with Crippen molar-refractivity contribution in [3.63, 3.8) is 0 Å². The Labute approximate surface area is 89.1 Å². The quantitative estimate of drug-likeness (QED) is 0.745. The highest BCUT2D eigenvalue weighted by Crippen LogP contribution is 2.29. The number of para-hydroxylation sites is 1. The molecule has 0 amide bonds. The van der Waals surface area contributed by atoms with E-state index in [1.807, 2.05) is 0 Å². The number of hydrogen-bond acceptors (Lipinski definition) is 1. The second-order valence-electron chi connectivity index (χ2n) is 3.50. The molecular weight excluding hydrogens is 219 g/mol. The van der Waals surface area contributed by atoms with Gasteiger partial charge in [0.1, 0.15) is 0 Å². The molecule has 2 rings (SSSR count). The fourth-order valence-corrected chi connectivity index (χ4v) is 1.71. The Bertz CT molecular complexity index is 554. The number of nitrogens with one attached hydrogen (secondary N) is 1. The number of hydrogen-bond donors (Lipinski definition) is 1. The molecule has 2 nitrogen and oxygen atoms in total. The molecule has 2 aromatic rings. The Morgan fingerprint density at radius 1 is 1.25 bits per heavy atom. The zero-order valence-electron chi connectivity index (χ0n) is 8.35. The molecule has 0 aliphatic heterocycles. The Kier molecular flexibility index (Phi) is 2.26. The summed E-state index contributed by atoms with van der Waals surface area (Å²) in [4.78, 5) is 14.0. The summed E-state index contributed by atoms with van der Waals surface area (Å²) in [5.74, 6) is -1.80. The second-order valence-corrected chi connectivity index (χ2v) is 3.50. The van der Waals surface area contributed by atoms with Gasteiger partial charge in [-0.05, 0) is 13.0 Å². The SMILES string of the molecule is Cc1[nH]c2ccccc2c1C(=O)C(F)(F)F. The number of benzene rings is 1. The van der Waals surface area contributed by atoms with Crippen molar-refractivity contribution in [2.45, 2.75) is 13.1 Å². The third-order valence-corrected chi connectivity index (χ3v) is 2.38. The lowest BCUT2D eigenvalue weighted by atomic mass is 10.1. The number of halogens is 3. The first-order valence-corrected chi connectivity index (χ1v) is 4.60. The number of fused-ring (bicyclic) bond motifs is 1. The molecule has 0 unspecified atom stereocenters. The molecule has 0 saturated carbocycles. The number of aromatic nitrogens is 1. The fourth-order valence-electron chi connectivity index (χ4n) is 1.71. The average Bonchev–Trinajstić information content (AvgIpc) is 2.51. The number of carbonyl (C=O) groups is 1. The van der Waals surface area contributed by atoms with Crippen molar-refractivity contribution in [1.29, 1.82) is 0 Å². The maximum absolute atomic E-state index is 12.4. The molecule has 0 radical (unpaired) electrons. The number of carbonyl (C=O) groups excluding carboxylic acids is 1. The van der Waals surface area contributed by atoms with Crippen molar-refractivity contribution in [3.05, 3.63) is 35.5 Å². The zero-order valence-corrected chi connectivity index (χ0v) is 8.35. The molecular formula is C11H8F3NO. The Morgan fingerprint density at radius 2 is 1.88 bits per heavy atom. The van der Waals surface area contributed by atoms with Crippen LogP contribution in [0.5, 0.6) is 0 Å². The van der Waals surface area contributed by atoms with E-state index < -0.39 is 12.0 Å². The van der Waals surface area contributed by atoms with Crippen molar-refractivity contribution >= 4 is 16.7 Å². The first-order chi connectivity index (χ1) is 7.41. The molecule has 84 valence electrons. The van der Waals surface area contributed by atoms with Gasteiger partial charge in [-0.25, -0.2) is 0 Å². The summed E-state index contributed by atoms with van der Waals surface area (Å²) in [6.07, 6.45) is -4.84. The number of ketones is 1. The average molecular weight is 227 g/mol. The van der Waals surface area contributed by atoms with Gasteiger partial charge in [-0.15, -0.1) is 0 Å². The van der Waals surface area contributed by atoms with E-state index in [-0.39, 0.29) is 11.3 Å². The van der Waals surface area contributed by atoms with Crippen molar-refractivity contribution in [2.24, 2.45) is 0 Å². The maximum atomic E-state index is 12.4. The van der Waals surface area contributed by atoms with Crippen LogP contribution in [0.25, 0.3) is 10.9 Å². The minimum absolute atomic E-state index is 0.239. The highest BCUT2D eigenvalue weighted by Gasteiger charge is 2.41. The van der Waals surface area contributed by atoms with E-state index in [0.717, 1.165) is 0 Å². The van der Waals surface area contributed by atoms with Gasteiger partial charge < -0.3 is 4.98 Å². The van der Waals surface area contributed by atoms with Crippen LogP contribution in [-0.2, 0) is 0 Å². The fraction of sp³-hybridized carbons (Fsp3) is 0.182. The summed E-state index contributed by atoms with van der Waals surface area (Å²) in [5.41, 5.74) is 0.485. The minimum Gasteiger partial charge on any atom is -0.358 e. The highest BCUT2D eigenvalue weighted by molar-refractivity contribution is 6.11. The Balaban J connectivity index is 2.69. The lowest BCUT2D eigenvalue weighted by molar-refractivity contribution is -0.0884. The molecule has 0 aliphatic carbocycles. The summed E-state index contributed by atoms with van der Waals surface area (Å²) in [7, 11) is 0. The van der Waals surface area contributed by atoms with E-state index in [0.29, 0.717) is 10.9 Å². The molecule has 16 heavy (non-hydrogen) atoms. The van der Waals surface area contributed by atoms with E-state index in [4.69, 9.17) is 0 Å². The number of alkyl halides is 3.